The molecule has 2 N–H and O–H groups in total. The number of carboxylic acid groups (broad SMARTS) is 1. The average molecular weight is 276 g/mol. The Labute approximate surface area is 116 Å². The summed E-state index contributed by atoms with van der Waals surface area (Å²) in [5.41, 5.74) is 0. The van der Waals surface area contributed by atoms with Crippen molar-refractivity contribution in [2.24, 2.45) is 5.92 Å². The van der Waals surface area contributed by atoms with Gasteiger partial charge >= 0.3 is 5.97 Å². The molecule has 3 unspecified atom stereocenters. The molecule has 2 aliphatic rings. The fourth-order valence-electron chi connectivity index (χ4n) is 3.31. The summed E-state index contributed by atoms with van der Waals surface area (Å²) in [4.78, 5) is 33.0. The van der Waals surface area contributed by atoms with Crippen molar-refractivity contribution in [2.75, 3.05) is 11.9 Å². The SMILES string of the molecule is O=C(CN1C2CCC1C(C(=O)O)C2)Nc1ncccn1. The van der Waals surface area contributed by atoms with Crippen LogP contribution in [0.3, 0.4) is 0 Å². The van der Waals surface area contributed by atoms with Crippen LogP contribution in [0.2, 0.25) is 0 Å². The number of nitrogens with one attached hydrogen (secondary N) is 1. The molecule has 1 aromatic heterocycles. The highest BCUT2D eigenvalue weighted by Gasteiger charge is 2.49. The van der Waals surface area contributed by atoms with Gasteiger partial charge in [0, 0.05) is 24.5 Å². The lowest BCUT2D eigenvalue weighted by molar-refractivity contribution is -0.142. The minimum Gasteiger partial charge on any atom is -0.481 e. The summed E-state index contributed by atoms with van der Waals surface area (Å²) in [6, 6.07) is 1.87. The van der Waals surface area contributed by atoms with Gasteiger partial charge in [0.25, 0.3) is 0 Å². The molecule has 3 rings (SSSR count). The number of anilines is 1. The molecule has 7 heteroatoms. The highest BCUT2D eigenvalue weighted by Crippen LogP contribution is 2.41. The van der Waals surface area contributed by atoms with Crippen molar-refractivity contribution in [3.63, 3.8) is 0 Å². The van der Waals surface area contributed by atoms with E-state index in [2.05, 4.69) is 15.3 Å². The minimum atomic E-state index is -0.756. The number of nitrogens with zero attached hydrogens (tertiary/aromatic N) is 3. The maximum atomic E-state index is 12.0. The quantitative estimate of drug-likeness (QED) is 0.824. The second-order valence-corrected chi connectivity index (χ2v) is 5.27. The normalized spacial score (nSPS) is 28.5. The van der Waals surface area contributed by atoms with Gasteiger partial charge in [-0.05, 0) is 25.3 Å². The summed E-state index contributed by atoms with van der Waals surface area (Å²) in [6.07, 6.45) is 5.60. The predicted molar refractivity (Wildman–Crippen MR) is 69.9 cm³/mol. The van der Waals surface area contributed by atoms with Crippen LogP contribution < -0.4 is 5.32 Å². The van der Waals surface area contributed by atoms with E-state index in [0.29, 0.717) is 6.42 Å². The largest absolute Gasteiger partial charge is 0.481 e. The third-order valence-electron chi connectivity index (χ3n) is 4.14. The molecular weight excluding hydrogens is 260 g/mol. The summed E-state index contributed by atoms with van der Waals surface area (Å²) in [5.74, 6) is -1.01. The lowest BCUT2D eigenvalue weighted by Crippen LogP contribution is -2.38. The van der Waals surface area contributed by atoms with Crippen LogP contribution in [0.1, 0.15) is 19.3 Å². The van der Waals surface area contributed by atoms with E-state index in [1.807, 2.05) is 4.90 Å². The zero-order chi connectivity index (χ0) is 14.1. The molecule has 1 amide bonds. The Hall–Kier alpha value is -2.02. The summed E-state index contributed by atoms with van der Waals surface area (Å²) >= 11 is 0. The second kappa shape index (κ2) is 5.16. The monoisotopic (exact) mass is 276 g/mol. The van der Waals surface area contributed by atoms with Crippen LogP contribution in [0.5, 0.6) is 0 Å². The molecular formula is C13H16N4O3. The van der Waals surface area contributed by atoms with E-state index in [1.165, 1.54) is 0 Å². The number of amides is 1. The summed E-state index contributed by atoms with van der Waals surface area (Å²) in [7, 11) is 0. The molecule has 0 radical (unpaired) electrons. The molecule has 3 heterocycles. The average Bonchev–Trinajstić information content (AvgIpc) is 2.97. The number of hydrogen-bond acceptors (Lipinski definition) is 5. The van der Waals surface area contributed by atoms with Crippen molar-refractivity contribution < 1.29 is 14.7 Å². The van der Waals surface area contributed by atoms with Gasteiger partial charge in [0.1, 0.15) is 0 Å². The fraction of sp³-hybridized carbons (Fsp3) is 0.538. The summed E-state index contributed by atoms with van der Waals surface area (Å²) < 4.78 is 0. The molecule has 0 saturated carbocycles. The lowest BCUT2D eigenvalue weighted by Gasteiger charge is -2.21. The molecule has 2 fully saturated rings. The number of carboxylic acids is 1. The van der Waals surface area contributed by atoms with Crippen LogP contribution in [0, 0.1) is 5.92 Å². The van der Waals surface area contributed by atoms with Gasteiger partial charge in [-0.15, -0.1) is 0 Å². The van der Waals surface area contributed by atoms with Crippen molar-refractivity contribution in [3.05, 3.63) is 18.5 Å². The summed E-state index contributed by atoms with van der Waals surface area (Å²) in [6.45, 7) is 0.206. The first kappa shape index (κ1) is 13.0. The number of aromatic nitrogens is 2. The van der Waals surface area contributed by atoms with Crippen LogP contribution in [0.4, 0.5) is 5.95 Å². The van der Waals surface area contributed by atoms with Gasteiger partial charge in [-0.2, -0.15) is 0 Å². The molecule has 7 nitrogen and oxygen atoms in total. The molecule has 0 aliphatic carbocycles. The zero-order valence-electron chi connectivity index (χ0n) is 10.9. The Morgan fingerprint density at radius 1 is 1.35 bits per heavy atom. The van der Waals surface area contributed by atoms with Gasteiger partial charge in [0.05, 0.1) is 12.5 Å². The Balaban J connectivity index is 1.61. The van der Waals surface area contributed by atoms with Crippen molar-refractivity contribution in [3.8, 4) is 0 Å². The molecule has 3 atom stereocenters. The van der Waals surface area contributed by atoms with Crippen molar-refractivity contribution in [1.82, 2.24) is 14.9 Å². The zero-order valence-corrected chi connectivity index (χ0v) is 10.9. The molecule has 2 aliphatic heterocycles. The van der Waals surface area contributed by atoms with E-state index in [-0.39, 0.29) is 36.4 Å². The number of carbonyl (C=O) groups excluding carboxylic acids is 1. The van der Waals surface area contributed by atoms with Crippen LogP contribution in [0.25, 0.3) is 0 Å². The number of fused-ring (bicyclic) bond motifs is 2. The highest BCUT2D eigenvalue weighted by molar-refractivity contribution is 5.90. The van der Waals surface area contributed by atoms with Gasteiger partial charge in [-0.3, -0.25) is 19.8 Å². The van der Waals surface area contributed by atoms with E-state index >= 15 is 0 Å². The van der Waals surface area contributed by atoms with Crippen LogP contribution in [-0.2, 0) is 9.59 Å². The van der Waals surface area contributed by atoms with Crippen molar-refractivity contribution in [1.29, 1.82) is 0 Å². The Morgan fingerprint density at radius 2 is 2.10 bits per heavy atom. The topological polar surface area (TPSA) is 95.4 Å². The van der Waals surface area contributed by atoms with Crippen LogP contribution >= 0.6 is 0 Å². The Kier molecular flexibility index (Phi) is 3.35. The van der Waals surface area contributed by atoms with E-state index in [4.69, 9.17) is 0 Å². The van der Waals surface area contributed by atoms with Gasteiger partial charge in [0.2, 0.25) is 11.9 Å². The second-order valence-electron chi connectivity index (χ2n) is 5.27. The number of aliphatic carboxylic acids is 1. The standard InChI is InChI=1S/C13H16N4O3/c18-11(16-13-14-4-1-5-15-13)7-17-8-2-3-10(17)9(6-8)12(19)20/h1,4-5,8-10H,2-3,6-7H2,(H,19,20)(H,14,15,16,18). The number of carbonyl (C=O) groups is 2. The summed E-state index contributed by atoms with van der Waals surface area (Å²) in [5, 5.41) is 11.8. The van der Waals surface area contributed by atoms with Crippen LogP contribution in [0.15, 0.2) is 18.5 Å². The van der Waals surface area contributed by atoms with E-state index in [0.717, 1.165) is 12.8 Å². The Morgan fingerprint density at radius 3 is 2.75 bits per heavy atom. The first-order valence-corrected chi connectivity index (χ1v) is 6.70. The minimum absolute atomic E-state index is 0.0139. The van der Waals surface area contributed by atoms with Gasteiger partial charge < -0.3 is 5.11 Å². The molecule has 2 bridgehead atoms. The number of rotatable bonds is 4. The molecule has 0 aromatic carbocycles. The fourth-order valence-corrected chi connectivity index (χ4v) is 3.31. The van der Waals surface area contributed by atoms with Crippen LogP contribution in [-0.4, -0.2) is 50.5 Å². The molecule has 1 aromatic rings. The molecule has 2 saturated heterocycles. The third kappa shape index (κ3) is 2.36. The maximum Gasteiger partial charge on any atom is 0.308 e. The first-order valence-electron chi connectivity index (χ1n) is 6.70. The van der Waals surface area contributed by atoms with Gasteiger partial charge in [0.15, 0.2) is 0 Å². The number of hydrogen-bond donors (Lipinski definition) is 2. The first-order chi connectivity index (χ1) is 9.65. The third-order valence-corrected chi connectivity index (χ3v) is 4.14. The predicted octanol–water partition coefficient (Wildman–Crippen LogP) is 0.353. The van der Waals surface area contributed by atoms with E-state index in [9.17, 15) is 14.7 Å². The lowest BCUT2D eigenvalue weighted by atomic mass is 9.89. The van der Waals surface area contributed by atoms with E-state index in [1.54, 1.807) is 18.5 Å². The van der Waals surface area contributed by atoms with Gasteiger partial charge in [-0.25, -0.2) is 9.97 Å². The van der Waals surface area contributed by atoms with E-state index < -0.39 is 5.97 Å². The highest BCUT2D eigenvalue weighted by atomic mass is 16.4. The molecule has 0 spiro atoms. The molecule has 20 heavy (non-hydrogen) atoms. The molecule has 106 valence electrons. The van der Waals surface area contributed by atoms with Gasteiger partial charge in [-0.1, -0.05) is 0 Å². The Bertz CT molecular complexity index is 522. The smallest absolute Gasteiger partial charge is 0.308 e. The maximum absolute atomic E-state index is 12.0. The van der Waals surface area contributed by atoms with Crippen molar-refractivity contribution >= 4 is 17.8 Å². The van der Waals surface area contributed by atoms with Crippen molar-refractivity contribution in [2.45, 2.75) is 31.3 Å².